The molecule has 5 heteroatoms. The zero-order valence-electron chi connectivity index (χ0n) is 16.8. The van der Waals surface area contributed by atoms with Gasteiger partial charge in [0.1, 0.15) is 0 Å². The number of nitrogens with one attached hydrogen (secondary N) is 1. The molecular weight excluding hydrogens is 350 g/mol. The summed E-state index contributed by atoms with van der Waals surface area (Å²) in [6, 6.07) is 14.5. The Morgan fingerprint density at radius 1 is 1.00 bits per heavy atom. The largest absolute Gasteiger partial charge is 0.356 e. The van der Waals surface area contributed by atoms with Crippen molar-refractivity contribution < 1.29 is 9.32 Å². The molecule has 0 saturated carbocycles. The minimum atomic E-state index is 0.00992. The van der Waals surface area contributed by atoms with Gasteiger partial charge in [-0.2, -0.15) is 4.98 Å². The molecule has 0 radical (unpaired) electrons. The third-order valence-corrected chi connectivity index (χ3v) is 4.79. The summed E-state index contributed by atoms with van der Waals surface area (Å²) in [6.45, 7) is 6.94. The van der Waals surface area contributed by atoms with Crippen molar-refractivity contribution >= 4 is 5.91 Å². The van der Waals surface area contributed by atoms with Gasteiger partial charge < -0.3 is 9.84 Å². The zero-order valence-corrected chi connectivity index (χ0v) is 16.8. The predicted molar refractivity (Wildman–Crippen MR) is 110 cm³/mol. The summed E-state index contributed by atoms with van der Waals surface area (Å²) in [6.07, 6.45) is 2.69. The highest BCUT2D eigenvalue weighted by Crippen LogP contribution is 2.17. The van der Waals surface area contributed by atoms with Gasteiger partial charge in [0.15, 0.2) is 0 Å². The molecular formula is C23H27N3O2. The Morgan fingerprint density at radius 3 is 2.50 bits per heavy atom. The molecule has 0 saturated heterocycles. The van der Waals surface area contributed by atoms with Crippen molar-refractivity contribution in [3.8, 4) is 11.4 Å². The highest BCUT2D eigenvalue weighted by atomic mass is 16.5. The zero-order chi connectivity index (χ0) is 19.9. The number of benzene rings is 2. The fourth-order valence-corrected chi connectivity index (χ4v) is 3.12. The molecule has 5 nitrogen and oxygen atoms in total. The Hall–Kier alpha value is -2.95. The van der Waals surface area contributed by atoms with E-state index in [1.807, 2.05) is 31.2 Å². The summed E-state index contributed by atoms with van der Waals surface area (Å²) in [4.78, 5) is 16.4. The number of amides is 1. The minimum absolute atomic E-state index is 0.00992. The van der Waals surface area contributed by atoms with Gasteiger partial charge in [-0.1, -0.05) is 58.7 Å². The Kier molecular flexibility index (Phi) is 6.58. The Labute approximate surface area is 166 Å². The number of rotatable bonds is 8. The van der Waals surface area contributed by atoms with Crippen molar-refractivity contribution in [3.63, 3.8) is 0 Å². The van der Waals surface area contributed by atoms with E-state index >= 15 is 0 Å². The van der Waals surface area contributed by atoms with Gasteiger partial charge in [0.2, 0.25) is 17.6 Å². The number of carbonyl (C=O) groups is 1. The summed E-state index contributed by atoms with van der Waals surface area (Å²) in [5.74, 6) is 1.06. The topological polar surface area (TPSA) is 68.0 Å². The minimum Gasteiger partial charge on any atom is -0.356 e. The van der Waals surface area contributed by atoms with Gasteiger partial charge in [-0.15, -0.1) is 0 Å². The van der Waals surface area contributed by atoms with E-state index in [0.29, 0.717) is 31.1 Å². The van der Waals surface area contributed by atoms with Crippen molar-refractivity contribution in [2.24, 2.45) is 0 Å². The molecule has 0 unspecified atom stereocenters. The van der Waals surface area contributed by atoms with Crippen molar-refractivity contribution in [1.29, 1.82) is 0 Å². The molecule has 0 aliphatic carbocycles. The summed E-state index contributed by atoms with van der Waals surface area (Å²) in [5, 5.41) is 6.97. The number of aryl methyl sites for hydroxylation is 5. The number of hydrogen-bond acceptors (Lipinski definition) is 4. The lowest BCUT2D eigenvalue weighted by Gasteiger charge is -2.08. The first-order chi connectivity index (χ1) is 13.5. The number of nitrogens with zero attached hydrogens (tertiary/aromatic N) is 2. The number of carbonyl (C=O) groups excluding carboxylic acids is 1. The van der Waals surface area contributed by atoms with E-state index in [1.165, 1.54) is 22.3 Å². The molecule has 1 aromatic heterocycles. The van der Waals surface area contributed by atoms with E-state index in [0.717, 1.165) is 18.4 Å². The Bertz CT molecular complexity index is 929. The van der Waals surface area contributed by atoms with Crippen molar-refractivity contribution in [2.45, 2.75) is 46.5 Å². The molecule has 0 bridgehead atoms. The van der Waals surface area contributed by atoms with Gasteiger partial charge in [0.25, 0.3) is 0 Å². The molecule has 0 spiro atoms. The maximum atomic E-state index is 12.1. The van der Waals surface area contributed by atoms with Crippen LogP contribution in [0.1, 0.15) is 41.0 Å². The van der Waals surface area contributed by atoms with E-state index in [-0.39, 0.29) is 5.91 Å². The molecule has 1 N–H and O–H groups in total. The van der Waals surface area contributed by atoms with E-state index in [1.54, 1.807) is 0 Å². The molecule has 0 atom stereocenters. The van der Waals surface area contributed by atoms with Crippen LogP contribution in [-0.4, -0.2) is 22.6 Å². The normalized spacial score (nSPS) is 10.8. The first-order valence-electron chi connectivity index (χ1n) is 9.74. The highest BCUT2D eigenvalue weighted by Gasteiger charge is 2.10. The third kappa shape index (κ3) is 5.52. The lowest BCUT2D eigenvalue weighted by atomic mass is 10.0. The first kappa shape index (κ1) is 19.8. The summed E-state index contributed by atoms with van der Waals surface area (Å²) < 4.78 is 5.26. The van der Waals surface area contributed by atoms with Gasteiger partial charge in [0.05, 0.1) is 0 Å². The number of aromatic nitrogens is 2. The van der Waals surface area contributed by atoms with Crippen molar-refractivity contribution in [2.75, 3.05) is 6.54 Å². The fraction of sp³-hybridized carbons (Fsp3) is 0.348. The quantitative estimate of drug-likeness (QED) is 0.593. The monoisotopic (exact) mass is 377 g/mol. The lowest BCUT2D eigenvalue weighted by Crippen LogP contribution is -2.25. The molecule has 0 aliphatic rings. The van der Waals surface area contributed by atoms with Gasteiger partial charge >= 0.3 is 0 Å². The van der Waals surface area contributed by atoms with Crippen LogP contribution in [0.25, 0.3) is 11.4 Å². The molecule has 28 heavy (non-hydrogen) atoms. The van der Waals surface area contributed by atoms with Crippen molar-refractivity contribution in [3.05, 3.63) is 70.6 Å². The number of hydrogen-bond donors (Lipinski definition) is 1. The van der Waals surface area contributed by atoms with Crippen LogP contribution in [0.3, 0.4) is 0 Å². The van der Waals surface area contributed by atoms with Crippen molar-refractivity contribution in [1.82, 2.24) is 15.5 Å². The van der Waals surface area contributed by atoms with E-state index in [4.69, 9.17) is 4.52 Å². The third-order valence-electron chi connectivity index (χ3n) is 4.79. The Morgan fingerprint density at radius 2 is 1.75 bits per heavy atom. The molecule has 3 aromatic rings. The van der Waals surface area contributed by atoms with Crippen LogP contribution in [-0.2, 0) is 17.6 Å². The lowest BCUT2D eigenvalue weighted by molar-refractivity contribution is -0.121. The van der Waals surface area contributed by atoms with Crippen LogP contribution in [0, 0.1) is 20.8 Å². The molecule has 0 aliphatic heterocycles. The van der Waals surface area contributed by atoms with Gasteiger partial charge in [-0.25, -0.2) is 0 Å². The van der Waals surface area contributed by atoms with E-state index in [9.17, 15) is 4.79 Å². The summed E-state index contributed by atoms with van der Waals surface area (Å²) in [7, 11) is 0. The maximum absolute atomic E-state index is 12.1. The molecule has 1 amide bonds. The smallest absolute Gasteiger partial charge is 0.227 e. The molecule has 0 fully saturated rings. The van der Waals surface area contributed by atoms with Gasteiger partial charge in [-0.3, -0.25) is 4.79 Å². The second-order valence-electron chi connectivity index (χ2n) is 7.26. The molecule has 3 rings (SSSR count). The molecule has 146 valence electrons. The van der Waals surface area contributed by atoms with Crippen LogP contribution in [0.2, 0.25) is 0 Å². The van der Waals surface area contributed by atoms with E-state index < -0.39 is 0 Å². The van der Waals surface area contributed by atoms with Gasteiger partial charge in [0, 0.05) is 24.9 Å². The summed E-state index contributed by atoms with van der Waals surface area (Å²) in [5.41, 5.74) is 6.03. The highest BCUT2D eigenvalue weighted by molar-refractivity contribution is 5.76. The van der Waals surface area contributed by atoms with Crippen LogP contribution >= 0.6 is 0 Å². The predicted octanol–water partition coefficient (Wildman–Crippen LogP) is 4.34. The SMILES string of the molecule is Cc1ccc(-c2noc(CCC(=O)NCCCc3ccc(C)cc3C)n2)cc1. The van der Waals surface area contributed by atoms with E-state index in [2.05, 4.69) is 47.5 Å². The second-order valence-corrected chi connectivity index (χ2v) is 7.26. The molecule has 2 aromatic carbocycles. The molecule has 1 heterocycles. The maximum Gasteiger partial charge on any atom is 0.227 e. The second kappa shape index (κ2) is 9.31. The van der Waals surface area contributed by atoms with Crippen LogP contribution < -0.4 is 5.32 Å². The Balaban J connectivity index is 1.39. The van der Waals surface area contributed by atoms with Gasteiger partial charge in [-0.05, 0) is 44.7 Å². The fourth-order valence-electron chi connectivity index (χ4n) is 3.12. The summed E-state index contributed by atoms with van der Waals surface area (Å²) >= 11 is 0. The van der Waals surface area contributed by atoms with Crippen LogP contribution in [0.5, 0.6) is 0 Å². The van der Waals surface area contributed by atoms with Crippen LogP contribution in [0.4, 0.5) is 0 Å². The average molecular weight is 377 g/mol. The first-order valence-corrected chi connectivity index (χ1v) is 9.74. The average Bonchev–Trinajstić information content (AvgIpc) is 3.14. The standard InChI is InChI=1S/C23H27N3O2/c1-16-6-10-20(11-7-16)23-25-22(28-26-23)13-12-21(27)24-14-4-5-19-9-8-17(2)15-18(19)3/h6-11,15H,4-5,12-14H2,1-3H3,(H,24,27). The van der Waals surface area contributed by atoms with Crippen LogP contribution in [0.15, 0.2) is 47.0 Å².